The van der Waals surface area contributed by atoms with E-state index < -0.39 is 9.84 Å². The fourth-order valence-electron chi connectivity index (χ4n) is 1.99. The van der Waals surface area contributed by atoms with Crippen molar-refractivity contribution >= 4 is 15.8 Å². The Kier molecular flexibility index (Phi) is 7.88. The van der Waals surface area contributed by atoms with Gasteiger partial charge in [-0.3, -0.25) is 4.99 Å². The second-order valence-electron chi connectivity index (χ2n) is 5.30. The number of hydrogen-bond acceptors (Lipinski definition) is 4. The lowest BCUT2D eigenvalue weighted by Crippen LogP contribution is -2.38. The molecule has 6 nitrogen and oxygen atoms in total. The van der Waals surface area contributed by atoms with Gasteiger partial charge < -0.3 is 15.0 Å². The zero-order chi connectivity index (χ0) is 17.3. The Bertz CT molecular complexity index is 598. The molecular weight excluding hydrogens is 314 g/mol. The molecule has 1 aromatic carbocycles. The molecule has 0 aliphatic heterocycles. The van der Waals surface area contributed by atoms with Crippen molar-refractivity contribution in [1.82, 2.24) is 10.2 Å². The highest BCUT2D eigenvalue weighted by molar-refractivity contribution is 7.90. The minimum atomic E-state index is -3.00. The first kappa shape index (κ1) is 19.3. The van der Waals surface area contributed by atoms with Gasteiger partial charge in [-0.15, -0.1) is 0 Å². The summed E-state index contributed by atoms with van der Waals surface area (Å²) in [5.74, 6) is 1.61. The molecule has 0 atom stereocenters. The van der Waals surface area contributed by atoms with E-state index in [0.717, 1.165) is 17.9 Å². The van der Waals surface area contributed by atoms with Gasteiger partial charge in [0.25, 0.3) is 0 Å². The van der Waals surface area contributed by atoms with Crippen molar-refractivity contribution < 1.29 is 13.2 Å². The Balaban J connectivity index is 2.69. The fourth-order valence-corrected chi connectivity index (χ4v) is 2.42. The van der Waals surface area contributed by atoms with Crippen LogP contribution in [0.1, 0.15) is 19.4 Å². The summed E-state index contributed by atoms with van der Waals surface area (Å²) in [6, 6.07) is 7.92. The van der Waals surface area contributed by atoms with Gasteiger partial charge >= 0.3 is 0 Å². The van der Waals surface area contributed by atoms with E-state index in [9.17, 15) is 8.42 Å². The van der Waals surface area contributed by atoms with Gasteiger partial charge in [0.15, 0.2) is 5.96 Å². The molecule has 0 spiro atoms. The third kappa shape index (κ3) is 7.88. The zero-order valence-electron chi connectivity index (χ0n) is 14.4. The van der Waals surface area contributed by atoms with E-state index in [-0.39, 0.29) is 12.3 Å². The number of guanidine groups is 1. The van der Waals surface area contributed by atoms with Gasteiger partial charge in [-0.25, -0.2) is 8.42 Å². The van der Waals surface area contributed by atoms with E-state index in [1.54, 1.807) is 0 Å². The quantitative estimate of drug-likeness (QED) is 0.573. The minimum absolute atomic E-state index is 0.0544. The molecular formula is C16H27N3O3S. The van der Waals surface area contributed by atoms with Gasteiger partial charge in [0.05, 0.1) is 18.9 Å². The maximum absolute atomic E-state index is 11.2. The molecule has 1 N–H and O–H groups in total. The number of hydrogen-bond donors (Lipinski definition) is 1. The smallest absolute Gasteiger partial charge is 0.193 e. The van der Waals surface area contributed by atoms with Crippen LogP contribution < -0.4 is 10.1 Å². The Hall–Kier alpha value is -1.76. The largest absolute Gasteiger partial charge is 0.494 e. The van der Waals surface area contributed by atoms with Crippen molar-refractivity contribution in [2.45, 2.75) is 20.4 Å². The highest BCUT2D eigenvalue weighted by Gasteiger charge is 2.08. The monoisotopic (exact) mass is 341 g/mol. The van der Waals surface area contributed by atoms with E-state index in [1.165, 1.54) is 6.26 Å². The van der Waals surface area contributed by atoms with Gasteiger partial charge in [-0.2, -0.15) is 0 Å². The predicted molar refractivity (Wildman–Crippen MR) is 94.8 cm³/mol. The van der Waals surface area contributed by atoms with Crippen LogP contribution in [0.25, 0.3) is 0 Å². The highest BCUT2D eigenvalue weighted by Crippen LogP contribution is 2.13. The molecule has 7 heteroatoms. The maximum Gasteiger partial charge on any atom is 0.193 e. The zero-order valence-corrected chi connectivity index (χ0v) is 15.2. The van der Waals surface area contributed by atoms with Crippen LogP contribution in [-0.2, 0) is 16.4 Å². The molecule has 0 saturated carbocycles. The van der Waals surface area contributed by atoms with E-state index in [1.807, 2.05) is 50.1 Å². The van der Waals surface area contributed by atoms with Crippen LogP contribution in [0, 0.1) is 0 Å². The molecule has 0 aliphatic carbocycles. The average Bonchev–Trinajstić information content (AvgIpc) is 2.47. The van der Waals surface area contributed by atoms with Crippen LogP contribution in [0.15, 0.2) is 29.3 Å². The summed E-state index contributed by atoms with van der Waals surface area (Å²) < 4.78 is 27.8. The summed E-state index contributed by atoms with van der Waals surface area (Å²) in [4.78, 5) is 6.34. The van der Waals surface area contributed by atoms with Gasteiger partial charge in [-0.05, 0) is 31.5 Å². The molecule has 130 valence electrons. The molecule has 1 rings (SSSR count). The Morgan fingerprint density at radius 3 is 2.43 bits per heavy atom. The number of rotatable bonds is 8. The third-order valence-electron chi connectivity index (χ3n) is 3.07. The molecule has 0 fully saturated rings. The first-order valence-corrected chi connectivity index (χ1v) is 9.80. The van der Waals surface area contributed by atoms with Crippen molar-refractivity contribution in [3.05, 3.63) is 29.8 Å². The summed E-state index contributed by atoms with van der Waals surface area (Å²) in [6.07, 6.45) is 1.22. The lowest BCUT2D eigenvalue weighted by molar-refractivity contribution is 0.340. The molecule has 0 saturated heterocycles. The summed E-state index contributed by atoms with van der Waals surface area (Å²) >= 11 is 0. The molecule has 23 heavy (non-hydrogen) atoms. The summed E-state index contributed by atoms with van der Waals surface area (Å²) in [6.45, 7) is 6.25. The lowest BCUT2D eigenvalue weighted by Gasteiger charge is -2.22. The average molecular weight is 341 g/mol. The molecule has 0 aliphatic rings. The SMILES string of the molecule is CCNC(=NCCS(C)(=O)=O)N(C)Cc1ccc(OCC)cc1. The highest BCUT2D eigenvalue weighted by atomic mass is 32.2. The minimum Gasteiger partial charge on any atom is -0.494 e. The third-order valence-corrected chi connectivity index (χ3v) is 4.00. The first-order chi connectivity index (χ1) is 10.9. The Morgan fingerprint density at radius 2 is 1.91 bits per heavy atom. The second kappa shape index (κ2) is 9.39. The number of nitrogens with one attached hydrogen (secondary N) is 1. The molecule has 0 amide bonds. The van der Waals surface area contributed by atoms with Crippen LogP contribution in [0.3, 0.4) is 0 Å². The van der Waals surface area contributed by atoms with Crippen molar-refractivity contribution in [3.8, 4) is 5.75 Å². The Morgan fingerprint density at radius 1 is 1.26 bits per heavy atom. The standard InChI is InChI=1S/C16H27N3O3S/c1-5-17-16(18-11-12-23(4,20)21)19(3)13-14-7-9-15(10-8-14)22-6-2/h7-10H,5-6,11-13H2,1-4H3,(H,17,18). The molecule has 0 unspecified atom stereocenters. The van der Waals surface area contributed by atoms with Crippen LogP contribution in [0.5, 0.6) is 5.75 Å². The molecule has 0 heterocycles. The second-order valence-corrected chi connectivity index (χ2v) is 7.56. The topological polar surface area (TPSA) is 71.0 Å². The summed E-state index contributed by atoms with van der Waals surface area (Å²) in [7, 11) is -1.07. The van der Waals surface area contributed by atoms with E-state index in [0.29, 0.717) is 19.1 Å². The molecule has 0 radical (unpaired) electrons. The van der Waals surface area contributed by atoms with Crippen molar-refractivity contribution in [2.75, 3.05) is 38.8 Å². The van der Waals surface area contributed by atoms with Crippen LogP contribution in [0.4, 0.5) is 0 Å². The normalized spacial score (nSPS) is 12.1. The number of nitrogens with zero attached hydrogens (tertiary/aromatic N) is 2. The predicted octanol–water partition coefficient (Wildman–Crippen LogP) is 1.53. The summed E-state index contributed by atoms with van der Waals surface area (Å²) in [5.41, 5.74) is 1.13. The van der Waals surface area contributed by atoms with Gasteiger partial charge in [-0.1, -0.05) is 12.1 Å². The van der Waals surface area contributed by atoms with E-state index in [2.05, 4.69) is 10.3 Å². The number of benzene rings is 1. The van der Waals surface area contributed by atoms with E-state index in [4.69, 9.17) is 4.74 Å². The van der Waals surface area contributed by atoms with Crippen LogP contribution >= 0.6 is 0 Å². The van der Waals surface area contributed by atoms with Crippen LogP contribution in [-0.4, -0.2) is 58.0 Å². The van der Waals surface area contributed by atoms with Gasteiger partial charge in [0, 0.05) is 26.4 Å². The van der Waals surface area contributed by atoms with Crippen molar-refractivity contribution in [3.63, 3.8) is 0 Å². The van der Waals surface area contributed by atoms with Gasteiger partial charge in [0.1, 0.15) is 15.6 Å². The number of ether oxygens (including phenoxy) is 1. The maximum atomic E-state index is 11.2. The fraction of sp³-hybridized carbons (Fsp3) is 0.562. The van der Waals surface area contributed by atoms with E-state index >= 15 is 0 Å². The molecule has 0 bridgehead atoms. The van der Waals surface area contributed by atoms with Gasteiger partial charge in [0.2, 0.25) is 0 Å². The first-order valence-electron chi connectivity index (χ1n) is 7.74. The Labute approximate surface area is 139 Å². The molecule has 1 aromatic rings. The number of sulfone groups is 1. The van der Waals surface area contributed by atoms with Crippen LogP contribution in [0.2, 0.25) is 0 Å². The lowest BCUT2D eigenvalue weighted by atomic mass is 10.2. The number of aliphatic imine (C=N–C) groups is 1. The molecule has 0 aromatic heterocycles. The van der Waals surface area contributed by atoms with Crippen molar-refractivity contribution in [1.29, 1.82) is 0 Å². The summed E-state index contributed by atoms with van der Waals surface area (Å²) in [5, 5.41) is 3.18. The van der Waals surface area contributed by atoms with Crippen molar-refractivity contribution in [2.24, 2.45) is 4.99 Å².